The minimum absolute atomic E-state index is 0.626. The number of fused-ring (bicyclic) bond motifs is 19. The highest BCUT2D eigenvalue weighted by Gasteiger charge is 2.24. The van der Waals surface area contributed by atoms with Gasteiger partial charge in [0.05, 0.1) is 42.9 Å². The molecule has 140 heavy (non-hydrogen) atoms. The van der Waals surface area contributed by atoms with Crippen LogP contribution in [-0.4, -0.2) is 59.4 Å². The van der Waals surface area contributed by atoms with Crippen LogP contribution in [0.15, 0.2) is 465 Å². The van der Waals surface area contributed by atoms with Crippen LogP contribution in [0.25, 0.3) is 269 Å². The van der Waals surface area contributed by atoms with E-state index in [1.54, 1.807) is 22.7 Å². The van der Waals surface area contributed by atoms with E-state index in [-0.39, 0.29) is 0 Å². The lowest BCUT2D eigenvalue weighted by molar-refractivity contribution is 0.623. The molecule has 0 unspecified atom stereocenters. The topological polar surface area (TPSA) is 160 Å². The second-order valence-electron chi connectivity index (χ2n) is 34.7. The van der Waals surface area contributed by atoms with Gasteiger partial charge in [0, 0.05) is 99.4 Å². The third-order valence-electron chi connectivity index (χ3n) is 26.1. The number of oxazole rings is 1. The predicted molar refractivity (Wildman–Crippen MR) is 578 cm³/mol. The summed E-state index contributed by atoms with van der Waals surface area (Å²) in [4.78, 5) is 55.0. The van der Waals surface area contributed by atoms with Gasteiger partial charge in [0.2, 0.25) is 5.89 Å². The van der Waals surface area contributed by atoms with Crippen molar-refractivity contribution in [3.05, 3.63) is 461 Å². The van der Waals surface area contributed by atoms with E-state index in [2.05, 4.69) is 271 Å². The summed E-state index contributed by atoms with van der Waals surface area (Å²) >= 11 is 3.49. The summed E-state index contributed by atoms with van der Waals surface area (Å²) in [5.74, 6) is 5.22. The predicted octanol–water partition coefficient (Wildman–Crippen LogP) is 32.8. The van der Waals surface area contributed by atoms with E-state index in [9.17, 15) is 0 Å². The molecule has 0 saturated carbocycles. The molecule has 7 heterocycles. The number of rotatable bonds is 13. The number of hydrogen-bond acceptors (Lipinski definition) is 14. The first-order valence-corrected chi connectivity index (χ1v) is 48.1. The van der Waals surface area contributed by atoms with E-state index in [1.807, 2.05) is 194 Å². The summed E-state index contributed by atoms with van der Waals surface area (Å²) in [7, 11) is 0. The molecule has 0 aliphatic heterocycles. The molecule has 28 aromatic rings. The van der Waals surface area contributed by atoms with Crippen molar-refractivity contribution in [2.45, 2.75) is 0 Å². The number of benzene rings is 21. The van der Waals surface area contributed by atoms with E-state index in [0.29, 0.717) is 46.7 Å². The highest BCUT2D eigenvalue weighted by molar-refractivity contribution is 7.22. The SMILES string of the molecule is c1ccc(-c2cc(-c3ccccc3)nc(-c3ccc4c(ccc5ccc6nc(-c7ccccc7)oc6c54)c3)n2)cc1.c1ccc(-c2nc(-c3ccccc3)nc(-c3ccc4c(ccc5ccc6sc(-c7ccc8c9ccccc9n(-c9ccccc9)c8c7)nc6c54)c3)n2)cc1.c1ccc(-c2nc(-c3ccccc3)nc(-c3ccc4c(ccc5ccc6sc(-c7ccc8ccccc8c7)nc6c54)c3)n2)cc1. The van der Waals surface area contributed by atoms with Gasteiger partial charge in [-0.15, -0.1) is 22.7 Å². The van der Waals surface area contributed by atoms with Crippen molar-refractivity contribution in [2.24, 2.45) is 0 Å². The minimum atomic E-state index is 0.626. The maximum atomic E-state index is 6.38. The Morgan fingerprint density at radius 3 is 1.00 bits per heavy atom. The smallest absolute Gasteiger partial charge is 0.227 e. The van der Waals surface area contributed by atoms with Gasteiger partial charge >= 0.3 is 0 Å². The van der Waals surface area contributed by atoms with Crippen LogP contribution in [0.5, 0.6) is 0 Å². The third-order valence-corrected chi connectivity index (χ3v) is 28.2. The fourth-order valence-corrected chi connectivity index (χ4v) is 21.2. The van der Waals surface area contributed by atoms with Gasteiger partial charge in [-0.2, -0.15) is 0 Å². The lowest BCUT2D eigenvalue weighted by atomic mass is 9.99. The van der Waals surface area contributed by atoms with Gasteiger partial charge in [0.25, 0.3) is 0 Å². The summed E-state index contributed by atoms with van der Waals surface area (Å²) in [5.41, 5.74) is 21.0. The van der Waals surface area contributed by atoms with Crippen molar-refractivity contribution in [1.82, 2.24) is 59.4 Å². The molecule has 0 spiro atoms. The molecule has 654 valence electrons. The monoisotopic (exact) mass is 1820 g/mol. The zero-order valence-corrected chi connectivity index (χ0v) is 76.6. The first kappa shape index (κ1) is 82.3. The van der Waals surface area contributed by atoms with E-state index in [1.165, 1.54) is 48.1 Å². The Labute approximate surface area is 810 Å². The number of aromatic nitrogens is 12. The van der Waals surface area contributed by atoms with Crippen molar-refractivity contribution in [1.29, 1.82) is 0 Å². The molecule has 0 amide bonds. The fourth-order valence-electron chi connectivity index (χ4n) is 19.2. The average Bonchev–Trinajstić information content (AvgIpc) is 1.55. The van der Waals surface area contributed by atoms with Crippen molar-refractivity contribution >= 4 is 151 Å². The zero-order valence-electron chi connectivity index (χ0n) is 75.0. The van der Waals surface area contributed by atoms with Crippen LogP contribution < -0.4 is 0 Å². The van der Waals surface area contributed by atoms with Gasteiger partial charge < -0.3 is 8.98 Å². The molecular formula is C125H76N12OS2. The van der Waals surface area contributed by atoms with Gasteiger partial charge in [-0.25, -0.2) is 54.8 Å². The number of nitrogens with zero attached hydrogens (tertiary/aromatic N) is 12. The second kappa shape index (κ2) is 35.1. The standard InChI is InChI=1S/C48H29N5S.C40H24N4S.C37H23N3O/c1-4-12-31(13-5-1)45-50-46(32-14-6-2-7-15-32)52-47(51-45)34-22-25-37-33(28-34)21-20-30-24-27-42-44(43(30)37)49-48(54-42)35-23-26-39-38-18-10-11-19-40(38)53(41(39)29-35)36-16-8-3-9-17-36;1-3-10-27(11-4-1)37-42-38(28-12-5-2-6-13-28)44-39(43-37)31-19-21-33-30(24-31)17-16-26-20-22-34-36(35(26)33)41-40(45-34)32-18-15-25-9-7-8-14-29(25)23-32;1-4-10-24(11-5-1)32-23-33(25-12-6-2-7-13-25)39-36(38-32)29-18-20-30-28(22-29)17-16-26-19-21-31-35(34(26)30)41-37(40-31)27-14-8-3-9-15-27/h1-29H;1-24H;1-23H. The fraction of sp³-hybridized carbons (Fsp3) is 0. The molecule has 0 saturated heterocycles. The van der Waals surface area contributed by atoms with Crippen LogP contribution in [0.3, 0.4) is 0 Å². The highest BCUT2D eigenvalue weighted by Crippen LogP contribution is 2.45. The van der Waals surface area contributed by atoms with Crippen LogP contribution in [-0.2, 0) is 0 Å². The number of para-hydroxylation sites is 2. The average molecular weight is 1830 g/mol. The maximum absolute atomic E-state index is 6.38. The Bertz CT molecular complexity index is 9520. The van der Waals surface area contributed by atoms with Gasteiger partial charge in [-0.05, 0) is 144 Å². The van der Waals surface area contributed by atoms with E-state index >= 15 is 0 Å². The van der Waals surface area contributed by atoms with Gasteiger partial charge in [0.15, 0.2) is 46.4 Å². The molecule has 28 rings (SSSR count). The van der Waals surface area contributed by atoms with Crippen LogP contribution >= 0.6 is 22.7 Å². The summed E-state index contributed by atoms with van der Waals surface area (Å²) in [6, 6.07) is 159. The first-order valence-electron chi connectivity index (χ1n) is 46.5. The third kappa shape index (κ3) is 15.4. The van der Waals surface area contributed by atoms with Gasteiger partial charge in [0.1, 0.15) is 15.5 Å². The molecule has 15 heteroatoms. The number of hydrogen-bond donors (Lipinski definition) is 0. The molecule has 7 aromatic heterocycles. The Balaban J connectivity index is 0.000000109. The molecule has 0 N–H and O–H groups in total. The molecule has 0 bridgehead atoms. The summed E-state index contributed by atoms with van der Waals surface area (Å²) < 4.78 is 11.1. The van der Waals surface area contributed by atoms with Crippen LogP contribution in [0.2, 0.25) is 0 Å². The van der Waals surface area contributed by atoms with Crippen LogP contribution in [0.1, 0.15) is 0 Å². The molecule has 0 aliphatic rings. The highest BCUT2D eigenvalue weighted by atomic mass is 32.1. The zero-order chi connectivity index (χ0) is 92.5. The van der Waals surface area contributed by atoms with E-state index in [4.69, 9.17) is 59.2 Å². The summed E-state index contributed by atoms with van der Waals surface area (Å²) in [6.45, 7) is 0. The van der Waals surface area contributed by atoms with E-state index < -0.39 is 0 Å². The Morgan fingerprint density at radius 1 is 0.193 bits per heavy atom. The van der Waals surface area contributed by atoms with Crippen molar-refractivity contribution < 1.29 is 4.42 Å². The normalized spacial score (nSPS) is 11.6. The summed E-state index contributed by atoms with van der Waals surface area (Å²) in [6.07, 6.45) is 0. The quantitative estimate of drug-likeness (QED) is 0.101. The van der Waals surface area contributed by atoms with Crippen molar-refractivity contribution in [3.63, 3.8) is 0 Å². The lowest BCUT2D eigenvalue weighted by Crippen LogP contribution is -2.00. The lowest BCUT2D eigenvalue weighted by Gasteiger charge is -2.11. The second-order valence-corrected chi connectivity index (χ2v) is 36.8. The molecule has 13 nitrogen and oxygen atoms in total. The number of thiazole rings is 2. The van der Waals surface area contributed by atoms with Gasteiger partial charge in [-0.1, -0.05) is 376 Å². The largest absolute Gasteiger partial charge is 0.435 e. The molecular weight excluding hydrogens is 1750 g/mol. The van der Waals surface area contributed by atoms with Crippen molar-refractivity contribution in [3.8, 4) is 141 Å². The molecule has 0 aliphatic carbocycles. The van der Waals surface area contributed by atoms with Crippen LogP contribution in [0, 0.1) is 0 Å². The van der Waals surface area contributed by atoms with E-state index in [0.717, 1.165) is 175 Å². The molecule has 0 radical (unpaired) electrons. The Hall–Kier alpha value is -18.4. The van der Waals surface area contributed by atoms with Crippen molar-refractivity contribution in [2.75, 3.05) is 0 Å². The first-order chi connectivity index (χ1) is 69.3. The minimum Gasteiger partial charge on any atom is -0.435 e. The molecule has 21 aromatic carbocycles. The van der Waals surface area contributed by atoms with Crippen LogP contribution in [0.4, 0.5) is 0 Å². The maximum Gasteiger partial charge on any atom is 0.227 e. The summed E-state index contributed by atoms with van der Waals surface area (Å²) in [5, 5.41) is 20.6. The van der Waals surface area contributed by atoms with Gasteiger partial charge in [-0.3, -0.25) is 0 Å². The molecule has 0 atom stereocenters. The Kier molecular flexibility index (Phi) is 20.6. The Morgan fingerprint density at radius 2 is 0.521 bits per heavy atom. The molecule has 0 fully saturated rings.